The lowest BCUT2D eigenvalue weighted by atomic mass is 9.48. The molecule has 2 N–H and O–H groups in total. The van der Waals surface area contributed by atoms with E-state index in [9.17, 15) is 19.4 Å². The Balaban J connectivity index is 1.25. The molecule has 188 valence electrons. The number of fused-ring (bicyclic) bond motifs is 1. The van der Waals surface area contributed by atoms with Crippen LogP contribution in [0.15, 0.2) is 30.3 Å². The normalized spacial score (nSPS) is 38.4. The monoisotopic (exact) mass is 490 g/mol. The Kier molecular flexibility index (Phi) is 4.25. The molecular weight excluding hydrogens is 459 g/mol. The quantitative estimate of drug-likeness (QED) is 0.642. The van der Waals surface area contributed by atoms with Gasteiger partial charge in [0.05, 0.1) is 17.1 Å². The molecule has 6 nitrogen and oxygen atoms in total. The molecule has 2 bridgehead atoms. The van der Waals surface area contributed by atoms with Crippen LogP contribution in [0.1, 0.15) is 60.4 Å². The van der Waals surface area contributed by atoms with E-state index in [1.54, 1.807) is 12.1 Å². The van der Waals surface area contributed by atoms with Gasteiger partial charge in [-0.1, -0.05) is 12.1 Å². The van der Waals surface area contributed by atoms with Gasteiger partial charge in [-0.05, 0) is 85.9 Å². The standard InChI is InChI=1S/C29H31FN2O4/c30-19-5-3-18-14-32(22(15-33)20(18)12-19)21-7-8-29(35)24-11-17-4-6-23(34)26-25(17)28(29,27(21)36-26)9-10-31(24)13-16-1-2-16/h3-6,12,15-16,21-22,24,27,34-35H,1-2,7-11,13-14H2/t21-,22?,24-,27+,28+,29-/m1/s1. The molecule has 0 radical (unpaired) electrons. The van der Waals surface area contributed by atoms with Crippen LogP contribution in [0.2, 0.25) is 0 Å². The largest absolute Gasteiger partial charge is 0.504 e. The lowest BCUT2D eigenvalue weighted by Gasteiger charge is -2.65. The van der Waals surface area contributed by atoms with Crippen molar-refractivity contribution < 1.29 is 24.1 Å². The summed E-state index contributed by atoms with van der Waals surface area (Å²) in [5.41, 5.74) is 2.26. The zero-order chi connectivity index (χ0) is 24.4. The predicted molar refractivity (Wildman–Crippen MR) is 129 cm³/mol. The number of phenols is 1. The van der Waals surface area contributed by atoms with Crippen LogP contribution < -0.4 is 4.74 Å². The average Bonchev–Trinajstić information content (AvgIpc) is 3.50. The maximum absolute atomic E-state index is 14.1. The van der Waals surface area contributed by atoms with Crippen molar-refractivity contribution in [1.29, 1.82) is 0 Å². The van der Waals surface area contributed by atoms with Crippen molar-refractivity contribution in [3.63, 3.8) is 0 Å². The number of hydrogen-bond acceptors (Lipinski definition) is 6. The number of aromatic hydroxyl groups is 1. The van der Waals surface area contributed by atoms with Gasteiger partial charge in [0.1, 0.15) is 18.2 Å². The Hall–Kier alpha value is -2.48. The minimum Gasteiger partial charge on any atom is -0.504 e. The van der Waals surface area contributed by atoms with E-state index in [-0.39, 0.29) is 29.8 Å². The molecule has 3 aliphatic carbocycles. The van der Waals surface area contributed by atoms with Crippen molar-refractivity contribution in [2.24, 2.45) is 5.92 Å². The topological polar surface area (TPSA) is 73.2 Å². The van der Waals surface area contributed by atoms with Crippen molar-refractivity contribution in [3.05, 3.63) is 58.4 Å². The summed E-state index contributed by atoms with van der Waals surface area (Å²) in [6.07, 6.45) is 5.91. The number of piperidine rings is 1. The molecule has 1 spiro atoms. The average molecular weight is 491 g/mol. The summed E-state index contributed by atoms with van der Waals surface area (Å²) in [6.45, 7) is 2.48. The molecule has 2 aromatic carbocycles. The lowest BCUT2D eigenvalue weighted by molar-refractivity contribution is -0.202. The molecule has 0 amide bonds. The molecule has 2 saturated carbocycles. The molecule has 3 fully saturated rings. The van der Waals surface area contributed by atoms with Crippen molar-refractivity contribution in [3.8, 4) is 11.5 Å². The van der Waals surface area contributed by atoms with E-state index in [1.807, 2.05) is 6.07 Å². The van der Waals surface area contributed by atoms with Crippen LogP contribution in [0.5, 0.6) is 11.5 Å². The highest BCUT2D eigenvalue weighted by Crippen LogP contribution is 2.66. The van der Waals surface area contributed by atoms with Gasteiger partial charge in [0.25, 0.3) is 0 Å². The number of aliphatic hydroxyl groups is 1. The van der Waals surface area contributed by atoms with Crippen LogP contribution in [0, 0.1) is 11.7 Å². The Morgan fingerprint density at radius 1 is 1.14 bits per heavy atom. The molecule has 6 aliphatic rings. The van der Waals surface area contributed by atoms with E-state index < -0.39 is 17.1 Å². The van der Waals surface area contributed by atoms with E-state index in [0.717, 1.165) is 54.8 Å². The van der Waals surface area contributed by atoms with Crippen LogP contribution in [-0.2, 0) is 23.2 Å². The molecule has 1 unspecified atom stereocenters. The van der Waals surface area contributed by atoms with Crippen LogP contribution >= 0.6 is 0 Å². The maximum atomic E-state index is 14.1. The third-order valence-electron chi connectivity index (χ3n) is 10.4. The SMILES string of the molecule is O=CC1c2cc(F)ccc2CN1[C@@H]1CC[C@@]2(O)[C@H]3Cc4ccc(O)c5c4[C@@]2(CCN3CC2CC2)[C@H]1O5. The highest BCUT2D eigenvalue weighted by molar-refractivity contribution is 5.66. The zero-order valence-corrected chi connectivity index (χ0v) is 20.2. The molecule has 1 saturated heterocycles. The number of hydrogen-bond donors (Lipinski definition) is 2. The molecule has 36 heavy (non-hydrogen) atoms. The second-order valence-corrected chi connectivity index (χ2v) is 12.0. The lowest BCUT2D eigenvalue weighted by Crippen LogP contribution is -2.78. The fourth-order valence-corrected chi connectivity index (χ4v) is 8.73. The fourth-order valence-electron chi connectivity index (χ4n) is 8.73. The summed E-state index contributed by atoms with van der Waals surface area (Å²) in [4.78, 5) is 17.0. The van der Waals surface area contributed by atoms with Crippen LogP contribution in [0.25, 0.3) is 0 Å². The zero-order valence-electron chi connectivity index (χ0n) is 20.2. The van der Waals surface area contributed by atoms with Crippen LogP contribution in [0.4, 0.5) is 4.39 Å². The second kappa shape index (κ2) is 7.09. The second-order valence-electron chi connectivity index (χ2n) is 12.0. The highest BCUT2D eigenvalue weighted by Gasteiger charge is 2.73. The first-order chi connectivity index (χ1) is 17.4. The molecule has 8 rings (SSSR count). The Labute approximate surface area is 209 Å². The maximum Gasteiger partial charge on any atom is 0.165 e. The molecule has 2 aromatic rings. The number of carbonyl (C=O) groups excluding carboxylic acids is 1. The summed E-state index contributed by atoms with van der Waals surface area (Å²) in [7, 11) is 0. The van der Waals surface area contributed by atoms with Crippen LogP contribution in [-0.4, -0.2) is 63.2 Å². The van der Waals surface area contributed by atoms with E-state index in [1.165, 1.54) is 30.5 Å². The number of ether oxygens (including phenoxy) is 1. The molecule has 3 aliphatic heterocycles. The van der Waals surface area contributed by atoms with E-state index in [2.05, 4.69) is 9.80 Å². The van der Waals surface area contributed by atoms with Gasteiger partial charge < -0.3 is 19.7 Å². The molecule has 3 heterocycles. The minimum absolute atomic E-state index is 0.0219. The minimum atomic E-state index is -0.956. The van der Waals surface area contributed by atoms with Crippen molar-refractivity contribution >= 4 is 6.29 Å². The van der Waals surface area contributed by atoms with Crippen LogP contribution in [0.3, 0.4) is 0 Å². The first kappa shape index (κ1) is 21.6. The number of halogens is 1. The van der Waals surface area contributed by atoms with Crippen molar-refractivity contribution in [2.45, 2.75) is 80.3 Å². The number of nitrogens with zero attached hydrogens (tertiary/aromatic N) is 2. The summed E-state index contributed by atoms with van der Waals surface area (Å²) in [5, 5.41) is 23.5. The van der Waals surface area contributed by atoms with Gasteiger partial charge in [0, 0.05) is 30.7 Å². The Morgan fingerprint density at radius 3 is 2.78 bits per heavy atom. The van der Waals surface area contributed by atoms with Gasteiger partial charge in [0.2, 0.25) is 0 Å². The van der Waals surface area contributed by atoms with E-state index in [4.69, 9.17) is 4.74 Å². The van der Waals surface area contributed by atoms with E-state index in [0.29, 0.717) is 25.1 Å². The van der Waals surface area contributed by atoms with Gasteiger partial charge in [0.15, 0.2) is 11.5 Å². The number of rotatable bonds is 4. The van der Waals surface area contributed by atoms with E-state index >= 15 is 0 Å². The highest BCUT2D eigenvalue weighted by atomic mass is 19.1. The van der Waals surface area contributed by atoms with Gasteiger partial charge >= 0.3 is 0 Å². The van der Waals surface area contributed by atoms with Gasteiger partial charge in [-0.3, -0.25) is 9.80 Å². The van der Waals surface area contributed by atoms with Crippen molar-refractivity contribution in [2.75, 3.05) is 13.1 Å². The summed E-state index contributed by atoms with van der Waals surface area (Å²) in [6, 6.07) is 7.80. The Bertz CT molecular complexity index is 1300. The number of likely N-dealkylation sites (tertiary alicyclic amines) is 1. The molecule has 0 aromatic heterocycles. The molecular formula is C29H31FN2O4. The van der Waals surface area contributed by atoms with Gasteiger partial charge in [-0.15, -0.1) is 0 Å². The smallest absolute Gasteiger partial charge is 0.165 e. The summed E-state index contributed by atoms with van der Waals surface area (Å²) < 4.78 is 20.8. The molecule has 6 atom stereocenters. The number of carbonyl (C=O) groups is 1. The first-order valence-electron chi connectivity index (χ1n) is 13.4. The van der Waals surface area contributed by atoms with Crippen molar-refractivity contribution in [1.82, 2.24) is 9.80 Å². The van der Waals surface area contributed by atoms with Gasteiger partial charge in [-0.25, -0.2) is 4.39 Å². The van der Waals surface area contributed by atoms with Gasteiger partial charge in [-0.2, -0.15) is 0 Å². The first-order valence-corrected chi connectivity index (χ1v) is 13.4. The Morgan fingerprint density at radius 2 is 1.97 bits per heavy atom. The number of phenolic OH excluding ortho intramolecular Hbond substituents is 1. The predicted octanol–water partition coefficient (Wildman–Crippen LogP) is 3.22. The third kappa shape index (κ3) is 2.54. The number of benzene rings is 2. The summed E-state index contributed by atoms with van der Waals surface area (Å²) in [5.74, 6) is 1.04. The molecule has 7 heteroatoms. The number of aldehydes is 1. The third-order valence-corrected chi connectivity index (χ3v) is 10.4. The fraction of sp³-hybridized carbons (Fsp3) is 0.552. The summed E-state index contributed by atoms with van der Waals surface area (Å²) >= 11 is 0.